The number of esters is 2. The van der Waals surface area contributed by atoms with E-state index < -0.39 is 23.3 Å². The molecule has 218 valence electrons. The summed E-state index contributed by atoms with van der Waals surface area (Å²) in [5.74, 6) is -1.07. The number of ether oxygens (including phenoxy) is 2. The van der Waals surface area contributed by atoms with Gasteiger partial charge in [-0.15, -0.1) is 0 Å². The Labute approximate surface area is 235 Å². The van der Waals surface area contributed by atoms with Gasteiger partial charge in [0.25, 0.3) is 0 Å². The number of aliphatic carboxylic acids is 1. The van der Waals surface area contributed by atoms with Crippen molar-refractivity contribution in [1.82, 2.24) is 0 Å². The smallest absolute Gasteiger partial charge is 0.309 e. The second-order valence-corrected chi connectivity index (χ2v) is 13.3. The maximum atomic E-state index is 12.2. The maximum absolute atomic E-state index is 12.2. The fraction of sp³-hybridized carbons (Fsp3) is 0.667. The van der Waals surface area contributed by atoms with E-state index in [1.165, 1.54) is 19.4 Å². The maximum Gasteiger partial charge on any atom is 0.309 e. The number of carboxylic acid groups (broad SMARTS) is 1. The third kappa shape index (κ3) is 6.75. The van der Waals surface area contributed by atoms with Gasteiger partial charge in [0.2, 0.25) is 0 Å². The van der Waals surface area contributed by atoms with E-state index in [4.69, 9.17) is 9.47 Å². The molecule has 1 saturated carbocycles. The van der Waals surface area contributed by atoms with Gasteiger partial charge in [-0.1, -0.05) is 65.3 Å². The molecule has 1 N–H and O–H groups in total. The molecule has 0 aromatic rings. The zero-order valence-corrected chi connectivity index (χ0v) is 26.0. The minimum absolute atomic E-state index is 0.00571. The average molecular weight is 543 g/mol. The van der Waals surface area contributed by atoms with Crippen LogP contribution in [0.4, 0.5) is 0 Å². The van der Waals surface area contributed by atoms with Gasteiger partial charge in [-0.2, -0.15) is 0 Å². The first-order valence-corrected chi connectivity index (χ1v) is 14.2. The zero-order valence-electron chi connectivity index (χ0n) is 26.0. The molecule has 0 unspecified atom stereocenters. The third-order valence-electron chi connectivity index (χ3n) is 9.78. The van der Waals surface area contributed by atoms with Gasteiger partial charge in [0.05, 0.1) is 5.41 Å². The number of hydrogen-bond acceptors (Lipinski definition) is 5. The van der Waals surface area contributed by atoms with Crippen molar-refractivity contribution >= 4 is 17.9 Å². The van der Waals surface area contributed by atoms with Crippen LogP contribution in [0.15, 0.2) is 47.0 Å². The topological polar surface area (TPSA) is 89.9 Å². The van der Waals surface area contributed by atoms with Gasteiger partial charge < -0.3 is 14.6 Å². The van der Waals surface area contributed by atoms with Crippen LogP contribution < -0.4 is 0 Å². The fourth-order valence-electron chi connectivity index (χ4n) is 6.97. The Hall–Kier alpha value is -2.63. The van der Waals surface area contributed by atoms with Gasteiger partial charge in [0, 0.05) is 13.8 Å². The Balaban J connectivity index is 2.69. The lowest BCUT2D eigenvalue weighted by Crippen LogP contribution is -2.55. The molecule has 0 radical (unpaired) electrons. The summed E-state index contributed by atoms with van der Waals surface area (Å²) in [5.41, 5.74) is 0.835. The third-order valence-corrected chi connectivity index (χ3v) is 9.78. The van der Waals surface area contributed by atoms with E-state index >= 15 is 0 Å². The molecule has 0 aromatic heterocycles. The number of allylic oxidation sites excluding steroid dienone is 6. The molecular formula is C33H50O6. The van der Waals surface area contributed by atoms with Crippen LogP contribution in [0, 0.1) is 33.5 Å². The Morgan fingerprint density at radius 1 is 1.03 bits per heavy atom. The molecule has 6 nitrogen and oxygen atoms in total. The van der Waals surface area contributed by atoms with E-state index in [1.807, 2.05) is 32.9 Å². The van der Waals surface area contributed by atoms with E-state index in [0.717, 1.165) is 19.3 Å². The van der Waals surface area contributed by atoms with Crippen molar-refractivity contribution in [2.75, 3.05) is 0 Å². The molecule has 0 heterocycles. The van der Waals surface area contributed by atoms with Crippen LogP contribution in [0.5, 0.6) is 0 Å². The lowest BCUT2D eigenvalue weighted by molar-refractivity contribution is -0.154. The van der Waals surface area contributed by atoms with Gasteiger partial charge in [-0.3, -0.25) is 14.4 Å². The van der Waals surface area contributed by atoms with Crippen LogP contribution in [0.2, 0.25) is 0 Å². The van der Waals surface area contributed by atoms with Crippen LogP contribution >= 0.6 is 0 Å². The van der Waals surface area contributed by atoms with Crippen molar-refractivity contribution in [2.24, 2.45) is 33.5 Å². The molecule has 4 atom stereocenters. The molecule has 39 heavy (non-hydrogen) atoms. The van der Waals surface area contributed by atoms with Crippen molar-refractivity contribution in [3.8, 4) is 0 Å². The molecule has 0 saturated heterocycles. The van der Waals surface area contributed by atoms with Crippen molar-refractivity contribution in [3.63, 3.8) is 0 Å². The highest BCUT2D eigenvalue weighted by Crippen LogP contribution is 2.67. The number of carbonyl (C=O) groups excluding carboxylic acids is 2. The first-order valence-electron chi connectivity index (χ1n) is 14.2. The molecule has 2 aliphatic rings. The Kier molecular flexibility index (Phi) is 9.90. The van der Waals surface area contributed by atoms with Crippen LogP contribution in [0.1, 0.15) is 108 Å². The highest BCUT2D eigenvalue weighted by Gasteiger charge is 2.59. The van der Waals surface area contributed by atoms with Gasteiger partial charge in [-0.05, 0) is 92.6 Å². The molecule has 6 heteroatoms. The van der Waals surface area contributed by atoms with Crippen molar-refractivity contribution in [3.05, 3.63) is 47.0 Å². The SMILES string of the molecule is CC[C@@]1(C)[C@H](CC(C)(C)C(=O)O)C(C)(C)CC[C@]1(C)/C1=C/C/C=C(C)/C(OC(C)=O)=C(OC(C)=O)\C=C\[C@H]1C. The lowest BCUT2D eigenvalue weighted by atomic mass is 9.41. The summed E-state index contributed by atoms with van der Waals surface area (Å²) >= 11 is 0. The number of rotatable bonds is 7. The summed E-state index contributed by atoms with van der Waals surface area (Å²) in [5, 5.41) is 10.0. The van der Waals surface area contributed by atoms with Crippen molar-refractivity contribution in [2.45, 2.75) is 108 Å². The molecule has 0 aromatic carbocycles. The highest BCUT2D eigenvalue weighted by atomic mass is 16.6. The molecule has 0 spiro atoms. The largest absolute Gasteiger partial charge is 0.481 e. The Bertz CT molecular complexity index is 1100. The molecule has 0 amide bonds. The summed E-state index contributed by atoms with van der Waals surface area (Å²) in [6, 6.07) is 0. The van der Waals surface area contributed by atoms with Crippen molar-refractivity contribution in [1.29, 1.82) is 0 Å². The van der Waals surface area contributed by atoms with Crippen molar-refractivity contribution < 1.29 is 29.0 Å². The van der Waals surface area contributed by atoms with Crippen LogP contribution in [0.25, 0.3) is 0 Å². The van der Waals surface area contributed by atoms with Gasteiger partial charge in [0.15, 0.2) is 11.5 Å². The minimum Gasteiger partial charge on any atom is -0.481 e. The van der Waals surface area contributed by atoms with Gasteiger partial charge in [-0.25, -0.2) is 0 Å². The number of carboxylic acids is 1. The van der Waals surface area contributed by atoms with E-state index in [0.29, 0.717) is 18.4 Å². The fourth-order valence-corrected chi connectivity index (χ4v) is 6.97. The predicted octanol–water partition coefficient (Wildman–Crippen LogP) is 8.15. The van der Waals surface area contributed by atoms with E-state index in [-0.39, 0.29) is 39.6 Å². The quantitative estimate of drug-likeness (QED) is 0.258. The van der Waals surface area contributed by atoms with Gasteiger partial charge in [0.1, 0.15) is 0 Å². The highest BCUT2D eigenvalue weighted by molar-refractivity contribution is 5.73. The summed E-state index contributed by atoms with van der Waals surface area (Å²) in [6.07, 6.45) is 12.2. The standard InChI is InChI=1S/C33H50O6/c1-12-32(10)27(20-31(8,9)29(36)37)30(6,7)18-19-33(32,11)25-15-13-14-22(3)28(39-24(5)35)26(38-23(4)34)17-16-21(25)2/h14-17,21,27H,12-13,18-20H2,1-11H3,(H,36,37)/b17-16+,22-14+,25-15+,28-26-/t21-,27-,32+,33-/m1/s1. The summed E-state index contributed by atoms with van der Waals surface area (Å²) in [6.45, 7) is 21.9. The summed E-state index contributed by atoms with van der Waals surface area (Å²) in [4.78, 5) is 36.0. The van der Waals surface area contributed by atoms with Crippen LogP contribution in [-0.4, -0.2) is 23.0 Å². The predicted molar refractivity (Wildman–Crippen MR) is 154 cm³/mol. The molecule has 1 fully saturated rings. The van der Waals surface area contributed by atoms with Crippen LogP contribution in [-0.2, 0) is 23.9 Å². The summed E-state index contributed by atoms with van der Waals surface area (Å²) in [7, 11) is 0. The normalized spacial score (nSPS) is 35.1. The number of carbonyl (C=O) groups is 3. The first-order chi connectivity index (χ1) is 17.8. The van der Waals surface area contributed by atoms with Crippen LogP contribution in [0.3, 0.4) is 0 Å². The molecule has 0 aliphatic heterocycles. The first kappa shape index (κ1) is 32.6. The number of hydrogen-bond donors (Lipinski definition) is 1. The Morgan fingerprint density at radius 3 is 2.13 bits per heavy atom. The molecule has 2 rings (SSSR count). The monoisotopic (exact) mass is 542 g/mol. The van der Waals surface area contributed by atoms with E-state index in [2.05, 4.69) is 47.6 Å². The lowest BCUT2D eigenvalue weighted by Gasteiger charge is -2.63. The zero-order chi connectivity index (χ0) is 30.0. The van der Waals surface area contributed by atoms with E-state index in [9.17, 15) is 19.5 Å². The molecule has 0 bridgehead atoms. The van der Waals surface area contributed by atoms with Gasteiger partial charge >= 0.3 is 17.9 Å². The average Bonchev–Trinajstić information content (AvgIpc) is 2.82. The van der Waals surface area contributed by atoms with E-state index in [1.54, 1.807) is 6.08 Å². The molecule has 2 aliphatic carbocycles. The molecular weight excluding hydrogens is 492 g/mol. The second kappa shape index (κ2) is 11.9. The Morgan fingerprint density at radius 2 is 1.62 bits per heavy atom. The summed E-state index contributed by atoms with van der Waals surface area (Å²) < 4.78 is 11.0. The second-order valence-electron chi connectivity index (χ2n) is 13.3. The minimum atomic E-state index is -0.830.